The molecule has 178 valence electrons. The van der Waals surface area contributed by atoms with Crippen LogP contribution in [0.4, 0.5) is 4.39 Å². The maximum atomic E-state index is 14.2. The highest BCUT2D eigenvalue weighted by Crippen LogP contribution is 2.11. The van der Waals surface area contributed by atoms with Crippen LogP contribution in [0.25, 0.3) is 5.69 Å². The largest absolute Gasteiger partial charge is 0.379 e. The number of nitrogens with zero attached hydrogens (tertiary/aromatic N) is 4. The van der Waals surface area contributed by atoms with Gasteiger partial charge in [-0.15, -0.1) is 0 Å². The van der Waals surface area contributed by atoms with Crippen LogP contribution in [0.15, 0.2) is 58.1 Å². The molecule has 1 saturated heterocycles. The lowest BCUT2D eigenvalue weighted by atomic mass is 10.2. The number of aromatic nitrogens is 3. The smallest absolute Gasteiger partial charge is 0.352 e. The zero-order valence-corrected chi connectivity index (χ0v) is 18.9. The number of benzene rings is 2. The van der Waals surface area contributed by atoms with E-state index in [-0.39, 0.29) is 12.2 Å². The molecule has 0 saturated carbocycles. The molecule has 2 heterocycles. The molecule has 1 aliphatic rings. The number of nitrogens with one attached hydrogen (secondary N) is 1. The van der Waals surface area contributed by atoms with Gasteiger partial charge in [-0.3, -0.25) is 19.1 Å². The molecule has 10 heteroatoms. The van der Waals surface area contributed by atoms with Crippen molar-refractivity contribution in [2.45, 2.75) is 13.5 Å². The second kappa shape index (κ2) is 10.5. The molecule has 0 unspecified atom stereocenters. The first-order valence-corrected chi connectivity index (χ1v) is 11.1. The summed E-state index contributed by atoms with van der Waals surface area (Å²) in [7, 11) is 0. The molecular weight excluding hydrogens is 441 g/mol. The molecule has 4 rings (SSSR count). The summed E-state index contributed by atoms with van der Waals surface area (Å²) in [4.78, 5) is 41.4. The number of carbonyl (C=O) groups is 1. The van der Waals surface area contributed by atoms with Gasteiger partial charge >= 0.3 is 5.69 Å². The Kier molecular flexibility index (Phi) is 7.29. The maximum Gasteiger partial charge on any atom is 0.352 e. The number of aryl methyl sites for hydroxylation is 1. The van der Waals surface area contributed by atoms with Crippen LogP contribution in [-0.2, 0) is 11.3 Å². The number of hydrogen-bond donors (Lipinski definition) is 1. The van der Waals surface area contributed by atoms with Gasteiger partial charge in [0, 0.05) is 32.2 Å². The number of rotatable bonds is 7. The summed E-state index contributed by atoms with van der Waals surface area (Å²) in [5.41, 5.74) is -0.775. The Labute approximate surface area is 195 Å². The zero-order chi connectivity index (χ0) is 24.1. The van der Waals surface area contributed by atoms with E-state index in [1.807, 2.05) is 6.07 Å². The van der Waals surface area contributed by atoms with E-state index < -0.39 is 28.7 Å². The Morgan fingerprint density at radius 1 is 1.12 bits per heavy atom. The molecule has 0 radical (unpaired) electrons. The molecule has 1 N–H and O–H groups in total. The van der Waals surface area contributed by atoms with E-state index in [1.165, 1.54) is 12.1 Å². The van der Waals surface area contributed by atoms with Gasteiger partial charge in [0.2, 0.25) is 5.69 Å². The number of hydrogen-bond acceptors (Lipinski definition) is 6. The van der Waals surface area contributed by atoms with E-state index in [2.05, 4.69) is 15.3 Å². The van der Waals surface area contributed by atoms with Gasteiger partial charge in [-0.2, -0.15) is 9.78 Å². The van der Waals surface area contributed by atoms with Gasteiger partial charge in [0.25, 0.3) is 11.5 Å². The Hall–Kier alpha value is -3.63. The van der Waals surface area contributed by atoms with Gasteiger partial charge < -0.3 is 10.1 Å². The fourth-order valence-electron chi connectivity index (χ4n) is 3.68. The molecule has 3 aromatic rings. The van der Waals surface area contributed by atoms with Crippen molar-refractivity contribution in [3.05, 3.63) is 92.0 Å². The molecule has 1 aliphatic heterocycles. The van der Waals surface area contributed by atoms with Crippen molar-refractivity contribution >= 4 is 5.91 Å². The van der Waals surface area contributed by atoms with Crippen LogP contribution < -0.4 is 16.6 Å². The molecule has 1 amide bonds. The van der Waals surface area contributed by atoms with Gasteiger partial charge in [0.05, 0.1) is 25.4 Å². The molecule has 34 heavy (non-hydrogen) atoms. The molecule has 0 bridgehead atoms. The first-order chi connectivity index (χ1) is 16.4. The van der Waals surface area contributed by atoms with E-state index in [9.17, 15) is 18.8 Å². The number of morpholine rings is 1. The fraction of sp³-hybridized carbons (Fsp3) is 0.333. The number of ether oxygens (including phenoxy) is 1. The highest BCUT2D eigenvalue weighted by molar-refractivity contribution is 5.91. The molecule has 9 nitrogen and oxygen atoms in total. The number of halogens is 1. The highest BCUT2D eigenvalue weighted by Gasteiger charge is 2.21. The Bertz CT molecular complexity index is 1280. The first-order valence-electron chi connectivity index (χ1n) is 11.1. The molecule has 0 spiro atoms. The fourth-order valence-corrected chi connectivity index (χ4v) is 3.68. The van der Waals surface area contributed by atoms with E-state index in [0.717, 1.165) is 28.4 Å². The van der Waals surface area contributed by atoms with Crippen LogP contribution in [0.3, 0.4) is 0 Å². The second-order valence-corrected chi connectivity index (χ2v) is 8.06. The monoisotopic (exact) mass is 467 g/mol. The summed E-state index contributed by atoms with van der Waals surface area (Å²) in [6.45, 7) is 5.24. The van der Waals surface area contributed by atoms with Crippen molar-refractivity contribution in [2.75, 3.05) is 39.4 Å². The van der Waals surface area contributed by atoms with Gasteiger partial charge in [-0.05, 0) is 24.1 Å². The first kappa shape index (κ1) is 23.5. The lowest BCUT2D eigenvalue weighted by Gasteiger charge is -2.26. The SMILES string of the molecule is Cc1ccc(-n2nc(C(=O)NCCN3CCOCC3)c(=O)n(Cc3ccccc3)c2=O)cc1F. The van der Waals surface area contributed by atoms with Crippen LogP contribution in [0, 0.1) is 12.7 Å². The second-order valence-electron chi connectivity index (χ2n) is 8.06. The predicted octanol–water partition coefficient (Wildman–Crippen LogP) is 0.952. The third-order valence-corrected chi connectivity index (χ3v) is 5.68. The summed E-state index contributed by atoms with van der Waals surface area (Å²) in [5, 5.41) is 6.75. The van der Waals surface area contributed by atoms with E-state index >= 15 is 0 Å². The summed E-state index contributed by atoms with van der Waals surface area (Å²) >= 11 is 0. The van der Waals surface area contributed by atoms with Crippen LogP contribution in [0.2, 0.25) is 0 Å². The normalized spacial score (nSPS) is 14.2. The van der Waals surface area contributed by atoms with Crippen LogP contribution in [-0.4, -0.2) is 64.5 Å². The minimum atomic E-state index is -0.804. The van der Waals surface area contributed by atoms with Gasteiger partial charge in [0.15, 0.2) is 0 Å². The summed E-state index contributed by atoms with van der Waals surface area (Å²) in [5.74, 6) is -1.22. The third kappa shape index (κ3) is 5.29. The minimum absolute atomic E-state index is 0.0522. The van der Waals surface area contributed by atoms with Crippen LogP contribution >= 0.6 is 0 Å². The van der Waals surface area contributed by atoms with Gasteiger partial charge in [-0.25, -0.2) is 9.18 Å². The average Bonchev–Trinajstić information content (AvgIpc) is 2.85. The van der Waals surface area contributed by atoms with Gasteiger partial charge in [0.1, 0.15) is 5.82 Å². The Morgan fingerprint density at radius 3 is 2.56 bits per heavy atom. The molecular formula is C24H26FN5O4. The third-order valence-electron chi connectivity index (χ3n) is 5.68. The van der Waals surface area contributed by atoms with E-state index in [0.29, 0.717) is 37.4 Å². The van der Waals surface area contributed by atoms with Gasteiger partial charge in [-0.1, -0.05) is 36.4 Å². The van der Waals surface area contributed by atoms with Crippen LogP contribution in [0.1, 0.15) is 21.6 Å². The standard InChI is InChI=1S/C24H26FN5O4/c1-17-7-8-19(15-20(17)25)30-24(33)29(16-18-5-3-2-4-6-18)23(32)21(27-30)22(31)26-9-10-28-11-13-34-14-12-28/h2-8,15H,9-14,16H2,1H3,(H,26,31). The zero-order valence-electron chi connectivity index (χ0n) is 18.9. The predicted molar refractivity (Wildman–Crippen MR) is 124 cm³/mol. The number of carbonyl (C=O) groups excluding carboxylic acids is 1. The Balaban J connectivity index is 1.68. The van der Waals surface area contributed by atoms with E-state index in [4.69, 9.17) is 4.74 Å². The molecule has 1 aromatic heterocycles. The van der Waals surface area contributed by atoms with Crippen molar-refractivity contribution in [3.63, 3.8) is 0 Å². The molecule has 1 fully saturated rings. The maximum absolute atomic E-state index is 14.2. The molecule has 0 atom stereocenters. The lowest BCUT2D eigenvalue weighted by Crippen LogP contribution is -2.47. The van der Waals surface area contributed by atoms with Crippen molar-refractivity contribution in [1.29, 1.82) is 0 Å². The lowest BCUT2D eigenvalue weighted by molar-refractivity contribution is 0.0383. The van der Waals surface area contributed by atoms with Crippen molar-refractivity contribution < 1.29 is 13.9 Å². The molecule has 2 aromatic carbocycles. The highest BCUT2D eigenvalue weighted by atomic mass is 19.1. The summed E-state index contributed by atoms with van der Waals surface area (Å²) in [6.07, 6.45) is 0. The van der Waals surface area contributed by atoms with Crippen molar-refractivity contribution in [2.24, 2.45) is 0 Å². The quantitative estimate of drug-likeness (QED) is 0.556. The summed E-state index contributed by atoms with van der Waals surface area (Å²) < 4.78 is 21.4. The van der Waals surface area contributed by atoms with E-state index in [1.54, 1.807) is 31.2 Å². The Morgan fingerprint density at radius 2 is 1.85 bits per heavy atom. The van der Waals surface area contributed by atoms with Crippen molar-refractivity contribution in [3.8, 4) is 5.69 Å². The molecule has 0 aliphatic carbocycles. The van der Waals surface area contributed by atoms with Crippen molar-refractivity contribution in [1.82, 2.24) is 24.6 Å². The van der Waals surface area contributed by atoms with Crippen LogP contribution in [0.5, 0.6) is 0 Å². The summed E-state index contributed by atoms with van der Waals surface area (Å²) in [6, 6.07) is 13.1. The average molecular weight is 468 g/mol. The number of amides is 1. The minimum Gasteiger partial charge on any atom is -0.379 e. The topological polar surface area (TPSA) is 98.5 Å².